The molecule has 0 aromatic carbocycles. The summed E-state index contributed by atoms with van der Waals surface area (Å²) >= 11 is 0. The van der Waals surface area contributed by atoms with Crippen molar-refractivity contribution in [2.24, 2.45) is 5.92 Å². The number of hydrogen-bond acceptors (Lipinski definition) is 3. The van der Waals surface area contributed by atoms with E-state index in [9.17, 15) is 9.59 Å². The van der Waals surface area contributed by atoms with E-state index in [4.69, 9.17) is 10.2 Å². The molecule has 0 fully saturated rings. The van der Waals surface area contributed by atoms with Crippen molar-refractivity contribution in [3.63, 3.8) is 0 Å². The average molecular weight is 203 g/mol. The molecule has 0 saturated heterocycles. The molecule has 0 aromatic rings. The Hall–Kier alpha value is -1.10. The van der Waals surface area contributed by atoms with Gasteiger partial charge in [0.1, 0.15) is 6.04 Å². The lowest BCUT2D eigenvalue weighted by molar-refractivity contribution is -0.143. The monoisotopic (exact) mass is 203 g/mol. The summed E-state index contributed by atoms with van der Waals surface area (Å²) in [6.07, 6.45) is 0.622. The molecule has 0 rings (SSSR count). The van der Waals surface area contributed by atoms with Crippen LogP contribution in [0.2, 0.25) is 0 Å². The first-order valence-electron chi connectivity index (χ1n) is 4.66. The number of amides is 1. The predicted octanol–water partition coefficient (Wildman–Crippen LogP) is -0.0157. The van der Waals surface area contributed by atoms with Gasteiger partial charge in [-0.1, -0.05) is 20.3 Å². The van der Waals surface area contributed by atoms with Crippen LogP contribution in [-0.4, -0.2) is 34.7 Å². The first kappa shape index (κ1) is 12.9. The minimum atomic E-state index is -1.04. The van der Waals surface area contributed by atoms with Gasteiger partial charge in [0, 0.05) is 6.42 Å². The zero-order valence-corrected chi connectivity index (χ0v) is 8.49. The van der Waals surface area contributed by atoms with Gasteiger partial charge in [-0.3, -0.25) is 4.79 Å². The van der Waals surface area contributed by atoms with E-state index in [0.717, 1.165) is 0 Å². The van der Waals surface area contributed by atoms with E-state index < -0.39 is 17.9 Å². The third kappa shape index (κ3) is 4.23. The van der Waals surface area contributed by atoms with Crippen molar-refractivity contribution in [2.75, 3.05) is 6.61 Å². The molecule has 1 amide bonds. The van der Waals surface area contributed by atoms with Gasteiger partial charge in [0.25, 0.3) is 0 Å². The van der Waals surface area contributed by atoms with E-state index in [0.29, 0.717) is 6.42 Å². The van der Waals surface area contributed by atoms with Crippen LogP contribution >= 0.6 is 0 Å². The minimum Gasteiger partial charge on any atom is -0.480 e. The van der Waals surface area contributed by atoms with Crippen LogP contribution in [0.5, 0.6) is 0 Å². The van der Waals surface area contributed by atoms with E-state index in [1.54, 1.807) is 6.92 Å². The maximum absolute atomic E-state index is 11.0. The Morgan fingerprint density at radius 3 is 2.36 bits per heavy atom. The Morgan fingerprint density at radius 1 is 1.43 bits per heavy atom. The van der Waals surface area contributed by atoms with Gasteiger partial charge in [0.2, 0.25) is 5.91 Å². The summed E-state index contributed by atoms with van der Waals surface area (Å²) in [5.74, 6) is -1.58. The Kier molecular flexibility index (Phi) is 5.87. The fourth-order valence-electron chi connectivity index (χ4n) is 1.03. The molecule has 0 saturated carbocycles. The number of aliphatic carboxylic acids is 1. The van der Waals surface area contributed by atoms with Crippen molar-refractivity contribution < 1.29 is 19.8 Å². The Labute approximate surface area is 83.1 Å². The highest BCUT2D eigenvalue weighted by atomic mass is 16.4. The Morgan fingerprint density at radius 2 is 2.00 bits per heavy atom. The third-order valence-corrected chi connectivity index (χ3v) is 2.13. The summed E-state index contributed by atoms with van der Waals surface area (Å²) in [6.45, 7) is 3.36. The summed E-state index contributed by atoms with van der Waals surface area (Å²) < 4.78 is 0. The molecule has 0 bridgehead atoms. The molecule has 0 radical (unpaired) electrons. The SMILES string of the molecule is CCC(C)C(NC(=O)CCO)C(=O)O. The topological polar surface area (TPSA) is 86.6 Å². The van der Waals surface area contributed by atoms with E-state index in [1.807, 2.05) is 6.92 Å². The highest BCUT2D eigenvalue weighted by molar-refractivity contribution is 5.83. The van der Waals surface area contributed by atoms with Gasteiger partial charge >= 0.3 is 5.97 Å². The van der Waals surface area contributed by atoms with E-state index >= 15 is 0 Å². The normalized spacial score (nSPS) is 14.5. The average Bonchev–Trinajstić information content (AvgIpc) is 2.13. The van der Waals surface area contributed by atoms with Crippen molar-refractivity contribution in [3.8, 4) is 0 Å². The fraction of sp³-hybridized carbons (Fsp3) is 0.778. The first-order valence-corrected chi connectivity index (χ1v) is 4.66. The summed E-state index contributed by atoms with van der Waals surface area (Å²) in [5, 5.41) is 19.7. The summed E-state index contributed by atoms with van der Waals surface area (Å²) in [4.78, 5) is 21.8. The van der Waals surface area contributed by atoms with Crippen molar-refractivity contribution in [3.05, 3.63) is 0 Å². The maximum Gasteiger partial charge on any atom is 0.326 e. The molecule has 3 N–H and O–H groups in total. The number of nitrogens with one attached hydrogen (secondary N) is 1. The molecule has 0 aliphatic rings. The second kappa shape index (κ2) is 6.37. The lowest BCUT2D eigenvalue weighted by Gasteiger charge is -2.19. The minimum absolute atomic E-state index is 0.0553. The Balaban J connectivity index is 4.23. The van der Waals surface area contributed by atoms with Crippen LogP contribution in [0.1, 0.15) is 26.7 Å². The van der Waals surface area contributed by atoms with Gasteiger partial charge in [0.15, 0.2) is 0 Å². The van der Waals surface area contributed by atoms with Crippen molar-refractivity contribution in [1.29, 1.82) is 0 Å². The zero-order chi connectivity index (χ0) is 11.1. The molecule has 0 spiro atoms. The van der Waals surface area contributed by atoms with Gasteiger partial charge < -0.3 is 15.5 Å². The number of aliphatic hydroxyl groups excluding tert-OH is 1. The lowest BCUT2D eigenvalue weighted by Crippen LogP contribution is -2.45. The van der Waals surface area contributed by atoms with Crippen LogP contribution < -0.4 is 5.32 Å². The van der Waals surface area contributed by atoms with Crippen LogP contribution in [0.25, 0.3) is 0 Å². The Bertz CT molecular complexity index is 205. The second-order valence-electron chi connectivity index (χ2n) is 3.24. The molecule has 82 valence electrons. The molecular weight excluding hydrogens is 186 g/mol. The molecule has 2 unspecified atom stereocenters. The van der Waals surface area contributed by atoms with Crippen LogP contribution in [0.4, 0.5) is 0 Å². The quantitative estimate of drug-likeness (QED) is 0.566. The standard InChI is InChI=1S/C9H17NO4/c1-3-6(2)8(9(13)14)10-7(12)4-5-11/h6,8,11H,3-5H2,1-2H3,(H,10,12)(H,13,14). The van der Waals surface area contributed by atoms with E-state index in [1.165, 1.54) is 0 Å². The summed E-state index contributed by atoms with van der Waals surface area (Å²) in [7, 11) is 0. The molecule has 0 aliphatic heterocycles. The molecule has 2 atom stereocenters. The van der Waals surface area contributed by atoms with Crippen molar-refractivity contribution in [1.82, 2.24) is 5.32 Å². The van der Waals surface area contributed by atoms with Gasteiger partial charge in [-0.15, -0.1) is 0 Å². The maximum atomic E-state index is 11.0. The third-order valence-electron chi connectivity index (χ3n) is 2.13. The van der Waals surface area contributed by atoms with Gasteiger partial charge in [-0.05, 0) is 5.92 Å². The molecule has 5 heteroatoms. The highest BCUT2D eigenvalue weighted by Gasteiger charge is 2.24. The number of aliphatic hydroxyl groups is 1. The number of carbonyl (C=O) groups is 2. The van der Waals surface area contributed by atoms with E-state index in [-0.39, 0.29) is 18.9 Å². The largest absolute Gasteiger partial charge is 0.480 e. The number of rotatable bonds is 6. The summed E-state index contributed by atoms with van der Waals surface area (Å²) in [6, 6.07) is -0.862. The second-order valence-corrected chi connectivity index (χ2v) is 3.24. The van der Waals surface area contributed by atoms with Crippen molar-refractivity contribution in [2.45, 2.75) is 32.7 Å². The lowest BCUT2D eigenvalue weighted by atomic mass is 9.99. The molecule has 0 heterocycles. The molecule has 0 aliphatic carbocycles. The van der Waals surface area contributed by atoms with Crippen LogP contribution in [0.15, 0.2) is 0 Å². The van der Waals surface area contributed by atoms with Crippen LogP contribution in [-0.2, 0) is 9.59 Å². The number of carboxylic acids is 1. The summed E-state index contributed by atoms with van der Waals surface area (Å²) in [5.41, 5.74) is 0. The number of carbonyl (C=O) groups excluding carboxylic acids is 1. The van der Waals surface area contributed by atoms with Crippen molar-refractivity contribution >= 4 is 11.9 Å². The molecule has 5 nitrogen and oxygen atoms in total. The number of hydrogen-bond donors (Lipinski definition) is 3. The van der Waals surface area contributed by atoms with Crippen LogP contribution in [0, 0.1) is 5.92 Å². The fourth-order valence-corrected chi connectivity index (χ4v) is 1.03. The highest BCUT2D eigenvalue weighted by Crippen LogP contribution is 2.07. The predicted molar refractivity (Wildman–Crippen MR) is 50.7 cm³/mol. The zero-order valence-electron chi connectivity index (χ0n) is 8.49. The van der Waals surface area contributed by atoms with Crippen LogP contribution in [0.3, 0.4) is 0 Å². The first-order chi connectivity index (χ1) is 6.52. The number of carboxylic acid groups (broad SMARTS) is 1. The van der Waals surface area contributed by atoms with Gasteiger partial charge in [-0.25, -0.2) is 4.79 Å². The van der Waals surface area contributed by atoms with E-state index in [2.05, 4.69) is 5.32 Å². The smallest absolute Gasteiger partial charge is 0.326 e. The van der Waals surface area contributed by atoms with Gasteiger partial charge in [0.05, 0.1) is 6.61 Å². The molecule has 14 heavy (non-hydrogen) atoms. The van der Waals surface area contributed by atoms with Gasteiger partial charge in [-0.2, -0.15) is 0 Å². The molecule has 0 aromatic heterocycles. The molecular formula is C9H17NO4.